The zero-order valence-corrected chi connectivity index (χ0v) is 14.0. The fourth-order valence-corrected chi connectivity index (χ4v) is 4.44. The number of alkyl halides is 1. The fourth-order valence-electron chi connectivity index (χ4n) is 3.42. The van der Waals surface area contributed by atoms with Crippen molar-refractivity contribution in [2.24, 2.45) is 0 Å². The molecule has 2 saturated heterocycles. The van der Waals surface area contributed by atoms with Crippen LogP contribution in [0.25, 0.3) is 0 Å². The summed E-state index contributed by atoms with van der Waals surface area (Å²) < 4.78 is 0. The van der Waals surface area contributed by atoms with Gasteiger partial charge in [-0.05, 0) is 26.3 Å². The van der Waals surface area contributed by atoms with Crippen molar-refractivity contribution in [3.05, 3.63) is 16.1 Å². The number of fused-ring (bicyclic) bond motifs is 1. The topological polar surface area (TPSA) is 36.4 Å². The molecule has 0 aliphatic carbocycles. The maximum atomic E-state index is 12.6. The largest absolute Gasteiger partial charge is 0.337 e. The summed E-state index contributed by atoms with van der Waals surface area (Å²) in [5.41, 5.74) is 0.870. The van der Waals surface area contributed by atoms with Crippen molar-refractivity contribution in [2.75, 3.05) is 19.6 Å². The third-order valence-corrected chi connectivity index (χ3v) is 5.72. The number of carbonyl (C=O) groups is 1. The predicted octanol–water partition coefficient (Wildman–Crippen LogP) is 2.51. The smallest absolute Gasteiger partial charge is 0.229 e. The minimum absolute atomic E-state index is 0.211. The minimum atomic E-state index is 0.211. The van der Waals surface area contributed by atoms with Crippen molar-refractivity contribution in [1.82, 2.24) is 14.8 Å². The lowest BCUT2D eigenvalue weighted by molar-refractivity contribution is -0.137. The summed E-state index contributed by atoms with van der Waals surface area (Å²) in [6.07, 6.45) is 4.24. The highest BCUT2D eigenvalue weighted by molar-refractivity contribution is 7.09. The molecule has 2 aliphatic rings. The molecule has 0 radical (unpaired) electrons. The van der Waals surface area contributed by atoms with Crippen LogP contribution in [0.5, 0.6) is 0 Å². The maximum Gasteiger partial charge on any atom is 0.229 e. The van der Waals surface area contributed by atoms with Gasteiger partial charge in [0.05, 0.1) is 18.0 Å². The van der Waals surface area contributed by atoms with Gasteiger partial charge in [-0.1, -0.05) is 6.42 Å². The first-order valence-corrected chi connectivity index (χ1v) is 9.11. The van der Waals surface area contributed by atoms with Crippen LogP contribution in [0.3, 0.4) is 0 Å². The van der Waals surface area contributed by atoms with Gasteiger partial charge in [0.15, 0.2) is 0 Å². The number of hydrogen-bond donors (Lipinski definition) is 0. The van der Waals surface area contributed by atoms with Crippen molar-refractivity contribution in [3.8, 4) is 0 Å². The van der Waals surface area contributed by atoms with E-state index in [0.29, 0.717) is 24.4 Å². The second-order valence-corrected chi connectivity index (χ2v) is 7.29. The highest BCUT2D eigenvalue weighted by atomic mass is 35.5. The Morgan fingerprint density at radius 3 is 3.10 bits per heavy atom. The van der Waals surface area contributed by atoms with Crippen molar-refractivity contribution in [1.29, 1.82) is 0 Å². The number of thiazole rings is 1. The second kappa shape index (κ2) is 6.63. The van der Waals surface area contributed by atoms with Crippen LogP contribution in [0.1, 0.15) is 36.9 Å². The molecule has 0 spiro atoms. The summed E-state index contributed by atoms with van der Waals surface area (Å²) >= 11 is 7.31. The van der Waals surface area contributed by atoms with Crippen LogP contribution in [-0.2, 0) is 17.1 Å². The van der Waals surface area contributed by atoms with E-state index >= 15 is 0 Å². The van der Waals surface area contributed by atoms with E-state index in [4.69, 9.17) is 11.6 Å². The van der Waals surface area contributed by atoms with Gasteiger partial charge < -0.3 is 4.90 Å². The summed E-state index contributed by atoms with van der Waals surface area (Å²) in [5.74, 6) is 0.630. The molecule has 1 aromatic rings. The third kappa shape index (κ3) is 3.41. The quantitative estimate of drug-likeness (QED) is 0.800. The molecule has 0 saturated carbocycles. The molecular weight excluding hydrogens is 306 g/mol. The Hall–Kier alpha value is -0.650. The highest BCUT2D eigenvalue weighted by Crippen LogP contribution is 2.24. The molecule has 2 unspecified atom stereocenters. The van der Waals surface area contributed by atoms with E-state index in [2.05, 4.69) is 21.7 Å². The van der Waals surface area contributed by atoms with E-state index in [9.17, 15) is 4.79 Å². The lowest BCUT2D eigenvalue weighted by Gasteiger charge is -2.47. The summed E-state index contributed by atoms with van der Waals surface area (Å²) in [4.78, 5) is 21.6. The third-order valence-electron chi connectivity index (χ3n) is 4.55. The summed E-state index contributed by atoms with van der Waals surface area (Å²) in [7, 11) is 0. The Morgan fingerprint density at radius 1 is 1.48 bits per heavy atom. The molecule has 0 N–H and O–H groups in total. The number of carbonyl (C=O) groups excluding carboxylic acids is 1. The van der Waals surface area contributed by atoms with Gasteiger partial charge in [0.1, 0.15) is 5.01 Å². The van der Waals surface area contributed by atoms with E-state index in [1.807, 2.05) is 5.38 Å². The minimum Gasteiger partial charge on any atom is -0.337 e. The van der Waals surface area contributed by atoms with E-state index in [1.54, 1.807) is 0 Å². The number of piperazine rings is 1. The van der Waals surface area contributed by atoms with Crippen molar-refractivity contribution in [3.63, 3.8) is 0 Å². The fraction of sp³-hybridized carbons (Fsp3) is 0.733. The molecule has 6 heteroatoms. The molecule has 116 valence electrons. The molecule has 2 aliphatic heterocycles. The summed E-state index contributed by atoms with van der Waals surface area (Å²) in [5, 5.41) is 2.83. The molecule has 21 heavy (non-hydrogen) atoms. The Kier molecular flexibility index (Phi) is 4.82. The summed E-state index contributed by atoms with van der Waals surface area (Å²) in [6, 6.07) is 0.868. The number of halogens is 1. The Labute approximate surface area is 135 Å². The van der Waals surface area contributed by atoms with Gasteiger partial charge in [-0.2, -0.15) is 0 Å². The molecular formula is C15H22ClN3OS. The molecule has 4 nitrogen and oxygen atoms in total. The van der Waals surface area contributed by atoms with Crippen LogP contribution < -0.4 is 0 Å². The number of aromatic nitrogens is 1. The zero-order valence-electron chi connectivity index (χ0n) is 12.4. The van der Waals surface area contributed by atoms with E-state index in [-0.39, 0.29) is 5.91 Å². The molecule has 3 rings (SSSR count). The van der Waals surface area contributed by atoms with E-state index in [1.165, 1.54) is 37.1 Å². The number of hydrogen-bond acceptors (Lipinski definition) is 4. The average molecular weight is 328 g/mol. The van der Waals surface area contributed by atoms with E-state index in [0.717, 1.165) is 23.8 Å². The SMILES string of the molecule is CC1CN2CCCCC2CN1C(=O)Cc1nc(CCl)cs1. The molecule has 2 atom stereocenters. The zero-order chi connectivity index (χ0) is 14.8. The second-order valence-electron chi connectivity index (χ2n) is 6.08. The van der Waals surface area contributed by atoms with Gasteiger partial charge in [0.2, 0.25) is 5.91 Å². The van der Waals surface area contributed by atoms with Gasteiger partial charge in [-0.3, -0.25) is 9.69 Å². The van der Waals surface area contributed by atoms with Crippen molar-refractivity contribution >= 4 is 28.8 Å². The normalized spacial score (nSPS) is 26.7. The first-order chi connectivity index (χ1) is 10.2. The Morgan fingerprint density at radius 2 is 2.33 bits per heavy atom. The lowest BCUT2D eigenvalue weighted by Crippen LogP contribution is -2.60. The van der Waals surface area contributed by atoms with Crippen LogP contribution in [0, 0.1) is 0 Å². The predicted molar refractivity (Wildman–Crippen MR) is 85.8 cm³/mol. The lowest BCUT2D eigenvalue weighted by atomic mass is 9.97. The number of rotatable bonds is 3. The number of nitrogens with zero attached hydrogens (tertiary/aromatic N) is 3. The van der Waals surface area contributed by atoms with Crippen LogP contribution in [0.4, 0.5) is 0 Å². The van der Waals surface area contributed by atoms with Crippen LogP contribution in [0.15, 0.2) is 5.38 Å². The number of amides is 1. The van der Waals surface area contributed by atoms with Crippen molar-refractivity contribution < 1.29 is 4.79 Å². The van der Waals surface area contributed by atoms with Gasteiger partial charge in [0, 0.05) is 30.6 Å². The highest BCUT2D eigenvalue weighted by Gasteiger charge is 2.35. The van der Waals surface area contributed by atoms with Gasteiger partial charge in [-0.15, -0.1) is 22.9 Å². The molecule has 2 fully saturated rings. The first-order valence-electron chi connectivity index (χ1n) is 7.70. The van der Waals surface area contributed by atoms with Crippen LogP contribution >= 0.6 is 22.9 Å². The first kappa shape index (κ1) is 15.3. The molecule has 1 amide bonds. The Bertz CT molecular complexity index is 507. The monoisotopic (exact) mass is 327 g/mol. The molecule has 0 bridgehead atoms. The van der Waals surface area contributed by atoms with Crippen molar-refractivity contribution in [2.45, 2.75) is 50.6 Å². The molecule has 1 aromatic heterocycles. The van der Waals surface area contributed by atoms with E-state index < -0.39 is 0 Å². The maximum absolute atomic E-state index is 12.6. The molecule has 0 aromatic carbocycles. The van der Waals surface area contributed by atoms with Crippen LogP contribution in [-0.4, -0.2) is 52.4 Å². The standard InChI is InChI=1S/C15H22ClN3OS/c1-11-8-18-5-3-2-4-13(18)9-19(11)15(20)6-14-17-12(7-16)10-21-14/h10-11,13H,2-9H2,1H3. The van der Waals surface area contributed by atoms with Gasteiger partial charge >= 0.3 is 0 Å². The molecule has 3 heterocycles. The summed E-state index contributed by atoms with van der Waals surface area (Å²) in [6.45, 7) is 5.26. The Balaban J connectivity index is 1.63. The van der Waals surface area contributed by atoms with Gasteiger partial charge in [-0.25, -0.2) is 4.98 Å². The number of piperidine rings is 1. The van der Waals surface area contributed by atoms with Gasteiger partial charge in [0.25, 0.3) is 0 Å². The van der Waals surface area contributed by atoms with Crippen LogP contribution in [0.2, 0.25) is 0 Å². The average Bonchev–Trinajstić information content (AvgIpc) is 2.94.